The summed E-state index contributed by atoms with van der Waals surface area (Å²) in [4.78, 5) is 16.8. The summed E-state index contributed by atoms with van der Waals surface area (Å²) in [5.74, 6) is 2.96. The maximum Gasteiger partial charge on any atom is 0.223 e. The first kappa shape index (κ1) is 20.7. The van der Waals surface area contributed by atoms with Gasteiger partial charge in [0.05, 0.1) is 0 Å². The van der Waals surface area contributed by atoms with Crippen LogP contribution in [0.5, 0.6) is 0 Å². The predicted octanol–water partition coefficient (Wildman–Crippen LogP) is 6.24. The zero-order valence-corrected chi connectivity index (χ0v) is 20.0. The zero-order chi connectivity index (χ0) is 22.1. The van der Waals surface area contributed by atoms with E-state index < -0.39 is 0 Å². The molecule has 1 heterocycles. The third-order valence-corrected chi connectivity index (χ3v) is 10.2. The number of hydrogen-bond donors (Lipinski definition) is 1. The van der Waals surface area contributed by atoms with E-state index in [-0.39, 0.29) is 5.41 Å². The molecule has 3 heteroatoms. The van der Waals surface area contributed by atoms with Gasteiger partial charge in [0.25, 0.3) is 0 Å². The fourth-order valence-corrected chi connectivity index (χ4v) is 8.17. The third-order valence-electron chi connectivity index (χ3n) is 10.2. The third kappa shape index (κ3) is 3.14. The van der Waals surface area contributed by atoms with Crippen molar-refractivity contribution < 1.29 is 4.79 Å². The van der Waals surface area contributed by atoms with Gasteiger partial charge in [0.1, 0.15) is 0 Å². The summed E-state index contributed by atoms with van der Waals surface area (Å²) in [5, 5.41) is 3.38. The fraction of sp³-hybridized carbons (Fsp3) is 0.655. The summed E-state index contributed by atoms with van der Waals surface area (Å²) in [7, 11) is 0. The molecule has 0 aromatic carbocycles. The maximum absolute atomic E-state index is 12.3. The highest BCUT2D eigenvalue weighted by atomic mass is 16.2. The fourth-order valence-electron chi connectivity index (χ4n) is 8.17. The van der Waals surface area contributed by atoms with Crippen LogP contribution in [0.2, 0.25) is 0 Å². The molecule has 0 spiro atoms. The Hall–Kier alpha value is -1.90. The van der Waals surface area contributed by atoms with Crippen LogP contribution in [0.1, 0.15) is 82.8 Å². The Morgan fingerprint density at radius 1 is 1.00 bits per heavy atom. The van der Waals surface area contributed by atoms with Crippen LogP contribution in [0.4, 0.5) is 0 Å². The molecular weight excluding hydrogens is 392 g/mol. The molecule has 6 unspecified atom stereocenters. The molecule has 3 saturated carbocycles. The average molecular weight is 431 g/mol. The van der Waals surface area contributed by atoms with E-state index in [2.05, 4.69) is 55.5 Å². The quantitative estimate of drug-likeness (QED) is 0.577. The second kappa shape index (κ2) is 7.30. The van der Waals surface area contributed by atoms with Crippen molar-refractivity contribution in [3.05, 3.63) is 47.3 Å². The summed E-state index contributed by atoms with van der Waals surface area (Å²) in [6, 6.07) is 2.69. The van der Waals surface area contributed by atoms with Crippen molar-refractivity contribution >= 4 is 11.5 Å². The van der Waals surface area contributed by atoms with Gasteiger partial charge in [-0.05, 0) is 116 Å². The molecule has 5 aliphatic rings. The number of carbonyl (C=O) groups is 1. The number of fused-ring (bicyclic) bond motifs is 5. The number of aromatic nitrogens is 1. The number of aryl methyl sites for hydroxylation is 1. The van der Waals surface area contributed by atoms with Gasteiger partial charge in [0, 0.05) is 24.4 Å². The van der Waals surface area contributed by atoms with E-state index in [1.54, 1.807) is 11.1 Å². The Kier molecular flexibility index (Phi) is 4.72. The number of rotatable bonds is 3. The molecule has 1 aromatic heterocycles. The van der Waals surface area contributed by atoms with Gasteiger partial charge >= 0.3 is 0 Å². The molecular formula is C29H38N2O. The molecule has 1 amide bonds. The van der Waals surface area contributed by atoms with Gasteiger partial charge in [-0.3, -0.25) is 9.78 Å². The van der Waals surface area contributed by atoms with Crippen LogP contribution in [0.25, 0.3) is 5.57 Å². The smallest absolute Gasteiger partial charge is 0.223 e. The van der Waals surface area contributed by atoms with E-state index in [4.69, 9.17) is 0 Å². The first-order valence-corrected chi connectivity index (χ1v) is 13.0. The van der Waals surface area contributed by atoms with Gasteiger partial charge in [-0.1, -0.05) is 31.6 Å². The summed E-state index contributed by atoms with van der Waals surface area (Å²) < 4.78 is 0. The van der Waals surface area contributed by atoms with E-state index in [0.717, 1.165) is 43.4 Å². The Labute approximate surface area is 193 Å². The van der Waals surface area contributed by atoms with Crippen LogP contribution >= 0.6 is 0 Å². The van der Waals surface area contributed by atoms with Crippen molar-refractivity contribution in [3.8, 4) is 0 Å². The number of nitrogens with zero attached hydrogens (tertiary/aromatic N) is 1. The highest BCUT2D eigenvalue weighted by molar-refractivity contribution is 5.81. The van der Waals surface area contributed by atoms with Crippen molar-refractivity contribution in [2.24, 2.45) is 34.5 Å². The lowest BCUT2D eigenvalue weighted by atomic mass is 9.47. The molecule has 6 rings (SSSR count). The van der Waals surface area contributed by atoms with Gasteiger partial charge < -0.3 is 5.32 Å². The minimum Gasteiger partial charge on any atom is -0.353 e. The molecule has 0 aliphatic heterocycles. The van der Waals surface area contributed by atoms with E-state index in [1.807, 2.05) is 6.20 Å². The second-order valence-corrected chi connectivity index (χ2v) is 12.0. The van der Waals surface area contributed by atoms with E-state index >= 15 is 0 Å². The summed E-state index contributed by atoms with van der Waals surface area (Å²) in [6.45, 7) is 7.26. The predicted molar refractivity (Wildman–Crippen MR) is 129 cm³/mol. The molecule has 1 N–H and O–H groups in total. The standard InChI is InChI=1S/C29H38N2O/c1-18-14-20(17-30-16-18)24-8-9-25-23-7-6-21-15-22(31-27(32)19-4-5-19)10-12-28(21,2)26(23)11-13-29(24,25)3/h6,8,14,16-17,19,22-23,25-26H,4-5,7,9-13,15H2,1-3H3,(H,31,32). The van der Waals surface area contributed by atoms with E-state index in [1.165, 1.54) is 43.2 Å². The van der Waals surface area contributed by atoms with E-state index in [0.29, 0.717) is 23.3 Å². The molecule has 5 aliphatic carbocycles. The average Bonchev–Trinajstić information content (AvgIpc) is 3.55. The molecule has 3 nitrogen and oxygen atoms in total. The SMILES string of the molecule is Cc1cncc(C2=CCC3C4CC=C5CC(NC(=O)C6CC6)CCC5(C)C4CCC23C)c1. The van der Waals surface area contributed by atoms with Crippen molar-refractivity contribution in [2.75, 3.05) is 0 Å². The molecule has 32 heavy (non-hydrogen) atoms. The Bertz CT molecular complexity index is 1000. The topological polar surface area (TPSA) is 42.0 Å². The van der Waals surface area contributed by atoms with Crippen LogP contribution in [-0.2, 0) is 4.79 Å². The summed E-state index contributed by atoms with van der Waals surface area (Å²) in [5.41, 5.74) is 6.44. The number of hydrogen-bond acceptors (Lipinski definition) is 2. The van der Waals surface area contributed by atoms with Gasteiger partial charge in [0.2, 0.25) is 5.91 Å². The Morgan fingerprint density at radius 2 is 1.81 bits per heavy atom. The lowest BCUT2D eigenvalue weighted by Crippen LogP contribution is -2.51. The lowest BCUT2D eigenvalue weighted by molar-refractivity contribution is -0.123. The van der Waals surface area contributed by atoms with Gasteiger partial charge in [-0.25, -0.2) is 0 Å². The minimum atomic E-state index is 0.286. The van der Waals surface area contributed by atoms with Crippen molar-refractivity contribution in [1.29, 1.82) is 0 Å². The number of allylic oxidation sites excluding steroid dienone is 3. The number of carbonyl (C=O) groups excluding carboxylic acids is 1. The molecule has 3 fully saturated rings. The summed E-state index contributed by atoms with van der Waals surface area (Å²) >= 11 is 0. The molecule has 170 valence electrons. The minimum absolute atomic E-state index is 0.286. The van der Waals surface area contributed by atoms with Crippen LogP contribution in [-0.4, -0.2) is 16.9 Å². The zero-order valence-electron chi connectivity index (χ0n) is 20.0. The first-order valence-electron chi connectivity index (χ1n) is 13.0. The first-order chi connectivity index (χ1) is 15.4. The highest BCUT2D eigenvalue weighted by Gasteiger charge is 2.56. The van der Waals surface area contributed by atoms with Crippen LogP contribution in [0.15, 0.2) is 36.2 Å². The Balaban J connectivity index is 1.23. The normalized spacial score (nSPS) is 40.5. The van der Waals surface area contributed by atoms with Crippen molar-refractivity contribution in [2.45, 2.75) is 84.6 Å². The lowest BCUT2D eigenvalue weighted by Gasteiger charge is -2.58. The van der Waals surface area contributed by atoms with Crippen molar-refractivity contribution in [3.63, 3.8) is 0 Å². The number of nitrogens with one attached hydrogen (secondary N) is 1. The number of pyridine rings is 1. The molecule has 1 aromatic rings. The monoisotopic (exact) mass is 430 g/mol. The van der Waals surface area contributed by atoms with E-state index in [9.17, 15) is 4.79 Å². The summed E-state index contributed by atoms with van der Waals surface area (Å²) in [6.07, 6.45) is 19.9. The van der Waals surface area contributed by atoms with Gasteiger partial charge in [-0.15, -0.1) is 0 Å². The molecule has 0 saturated heterocycles. The molecule has 0 bridgehead atoms. The largest absolute Gasteiger partial charge is 0.353 e. The van der Waals surface area contributed by atoms with Gasteiger partial charge in [-0.2, -0.15) is 0 Å². The van der Waals surface area contributed by atoms with Gasteiger partial charge in [0.15, 0.2) is 0 Å². The molecule has 6 atom stereocenters. The van der Waals surface area contributed by atoms with Crippen LogP contribution in [0, 0.1) is 41.4 Å². The highest BCUT2D eigenvalue weighted by Crippen LogP contribution is 2.66. The second-order valence-electron chi connectivity index (χ2n) is 12.0. The number of amides is 1. The van der Waals surface area contributed by atoms with Crippen molar-refractivity contribution in [1.82, 2.24) is 10.3 Å². The van der Waals surface area contributed by atoms with Crippen LogP contribution < -0.4 is 5.32 Å². The van der Waals surface area contributed by atoms with Crippen LogP contribution in [0.3, 0.4) is 0 Å². The Morgan fingerprint density at radius 3 is 2.59 bits per heavy atom. The maximum atomic E-state index is 12.3. The molecule has 0 radical (unpaired) electrons.